The Balaban J connectivity index is 2.27. The normalized spacial score (nSPS) is 11.8. The number of anilines is 1. The zero-order valence-electron chi connectivity index (χ0n) is 12.1. The van der Waals surface area contributed by atoms with Crippen LogP contribution >= 0.6 is 15.9 Å². The van der Waals surface area contributed by atoms with Crippen LogP contribution in [0.2, 0.25) is 0 Å². The van der Waals surface area contributed by atoms with Crippen LogP contribution in [-0.2, 0) is 9.53 Å². The Labute approximate surface area is 133 Å². The van der Waals surface area contributed by atoms with Crippen molar-refractivity contribution >= 4 is 27.6 Å². The third-order valence-electron chi connectivity index (χ3n) is 3.05. The molecule has 0 saturated carbocycles. The summed E-state index contributed by atoms with van der Waals surface area (Å²) >= 11 is 3.40. The molecule has 2 aromatic carbocycles. The number of carbonyl (C=O) groups excluding carboxylic acids is 1. The number of aryl methyl sites for hydroxylation is 1. The second-order valence-electron chi connectivity index (χ2n) is 4.75. The molecule has 3 nitrogen and oxygen atoms in total. The van der Waals surface area contributed by atoms with E-state index in [9.17, 15) is 4.79 Å². The largest absolute Gasteiger partial charge is 0.464 e. The highest BCUT2D eigenvalue weighted by Crippen LogP contribution is 2.23. The van der Waals surface area contributed by atoms with Crippen LogP contribution < -0.4 is 5.32 Å². The predicted octanol–water partition coefficient (Wildman–Crippen LogP) is 4.47. The van der Waals surface area contributed by atoms with Gasteiger partial charge in [0.2, 0.25) is 0 Å². The second kappa shape index (κ2) is 7.27. The van der Waals surface area contributed by atoms with Crippen molar-refractivity contribution in [3.8, 4) is 0 Å². The van der Waals surface area contributed by atoms with Crippen molar-refractivity contribution in [2.24, 2.45) is 0 Å². The zero-order chi connectivity index (χ0) is 15.2. The van der Waals surface area contributed by atoms with E-state index in [1.165, 1.54) is 0 Å². The monoisotopic (exact) mass is 347 g/mol. The summed E-state index contributed by atoms with van der Waals surface area (Å²) in [5.74, 6) is -0.272. The van der Waals surface area contributed by atoms with Gasteiger partial charge < -0.3 is 10.1 Å². The third kappa shape index (κ3) is 4.33. The Kier molecular flexibility index (Phi) is 5.39. The lowest BCUT2D eigenvalue weighted by Crippen LogP contribution is -2.23. The molecule has 4 heteroatoms. The molecule has 21 heavy (non-hydrogen) atoms. The van der Waals surface area contributed by atoms with Crippen LogP contribution in [-0.4, -0.2) is 12.6 Å². The highest BCUT2D eigenvalue weighted by atomic mass is 79.9. The van der Waals surface area contributed by atoms with Gasteiger partial charge in [-0.3, -0.25) is 0 Å². The van der Waals surface area contributed by atoms with E-state index in [4.69, 9.17) is 4.74 Å². The number of hydrogen-bond donors (Lipinski definition) is 1. The van der Waals surface area contributed by atoms with Crippen molar-refractivity contribution in [1.82, 2.24) is 0 Å². The van der Waals surface area contributed by atoms with Crippen LogP contribution in [0.5, 0.6) is 0 Å². The quantitative estimate of drug-likeness (QED) is 0.810. The SMILES string of the molecule is CCOC(=O)C(Nc1ccc(Br)cc1)c1cccc(C)c1. The van der Waals surface area contributed by atoms with E-state index in [1.54, 1.807) is 0 Å². The van der Waals surface area contributed by atoms with Gasteiger partial charge in [-0.05, 0) is 43.7 Å². The Morgan fingerprint density at radius 3 is 2.57 bits per heavy atom. The van der Waals surface area contributed by atoms with E-state index in [1.807, 2.05) is 62.4 Å². The van der Waals surface area contributed by atoms with Crippen LogP contribution in [0.15, 0.2) is 53.0 Å². The number of halogens is 1. The maximum absolute atomic E-state index is 12.2. The fourth-order valence-electron chi connectivity index (χ4n) is 2.07. The first-order chi connectivity index (χ1) is 10.1. The number of esters is 1. The molecule has 2 rings (SSSR count). The fraction of sp³-hybridized carbons (Fsp3) is 0.235. The minimum absolute atomic E-state index is 0.272. The van der Waals surface area contributed by atoms with Crippen molar-refractivity contribution in [3.63, 3.8) is 0 Å². The van der Waals surface area contributed by atoms with E-state index in [0.29, 0.717) is 6.61 Å². The van der Waals surface area contributed by atoms with Crippen molar-refractivity contribution in [2.45, 2.75) is 19.9 Å². The average molecular weight is 348 g/mol. The topological polar surface area (TPSA) is 38.3 Å². The van der Waals surface area contributed by atoms with Gasteiger partial charge in [-0.2, -0.15) is 0 Å². The van der Waals surface area contributed by atoms with Crippen molar-refractivity contribution in [3.05, 3.63) is 64.1 Å². The van der Waals surface area contributed by atoms with Gasteiger partial charge in [-0.15, -0.1) is 0 Å². The molecule has 1 atom stereocenters. The standard InChI is InChI=1S/C17H18BrNO2/c1-3-21-17(20)16(13-6-4-5-12(2)11-13)19-15-9-7-14(18)8-10-15/h4-11,16,19H,3H2,1-2H3. The van der Waals surface area contributed by atoms with Gasteiger partial charge in [-0.25, -0.2) is 4.79 Å². The first-order valence-electron chi connectivity index (χ1n) is 6.85. The second-order valence-corrected chi connectivity index (χ2v) is 5.67. The summed E-state index contributed by atoms with van der Waals surface area (Å²) in [5.41, 5.74) is 2.88. The molecule has 0 bridgehead atoms. The lowest BCUT2D eigenvalue weighted by atomic mass is 10.0. The first kappa shape index (κ1) is 15.6. The summed E-state index contributed by atoms with van der Waals surface area (Å²) in [5, 5.41) is 3.24. The van der Waals surface area contributed by atoms with Crippen molar-refractivity contribution < 1.29 is 9.53 Å². The van der Waals surface area contributed by atoms with Gasteiger partial charge in [0.05, 0.1) is 6.61 Å². The van der Waals surface area contributed by atoms with E-state index < -0.39 is 6.04 Å². The number of nitrogens with one attached hydrogen (secondary N) is 1. The maximum Gasteiger partial charge on any atom is 0.333 e. The molecule has 1 unspecified atom stereocenters. The van der Waals surface area contributed by atoms with Gasteiger partial charge >= 0.3 is 5.97 Å². The molecule has 2 aromatic rings. The molecule has 0 amide bonds. The Morgan fingerprint density at radius 2 is 1.95 bits per heavy atom. The molecular weight excluding hydrogens is 330 g/mol. The van der Waals surface area contributed by atoms with Gasteiger partial charge in [0.25, 0.3) is 0 Å². The van der Waals surface area contributed by atoms with Gasteiger partial charge in [0.1, 0.15) is 0 Å². The van der Waals surface area contributed by atoms with Crippen LogP contribution in [0.25, 0.3) is 0 Å². The van der Waals surface area contributed by atoms with Crippen LogP contribution in [0.4, 0.5) is 5.69 Å². The maximum atomic E-state index is 12.2. The Bertz CT molecular complexity index is 610. The molecule has 110 valence electrons. The van der Waals surface area contributed by atoms with Crippen LogP contribution in [0.3, 0.4) is 0 Å². The molecule has 0 aromatic heterocycles. The number of hydrogen-bond acceptors (Lipinski definition) is 3. The summed E-state index contributed by atoms with van der Waals surface area (Å²) in [6.07, 6.45) is 0. The Hall–Kier alpha value is -1.81. The number of carbonyl (C=O) groups is 1. The van der Waals surface area contributed by atoms with Crippen LogP contribution in [0, 0.1) is 6.92 Å². The minimum atomic E-state index is -0.508. The molecule has 0 fully saturated rings. The molecule has 0 aliphatic rings. The summed E-state index contributed by atoms with van der Waals surface area (Å²) in [4.78, 5) is 12.2. The molecule has 0 aliphatic heterocycles. The predicted molar refractivity (Wildman–Crippen MR) is 88.3 cm³/mol. The summed E-state index contributed by atoms with van der Waals surface area (Å²) in [6.45, 7) is 4.18. The molecule has 0 spiro atoms. The number of rotatable bonds is 5. The zero-order valence-corrected chi connectivity index (χ0v) is 13.7. The van der Waals surface area contributed by atoms with Gasteiger partial charge in [0.15, 0.2) is 6.04 Å². The summed E-state index contributed by atoms with van der Waals surface area (Å²) < 4.78 is 6.18. The highest BCUT2D eigenvalue weighted by Gasteiger charge is 2.21. The summed E-state index contributed by atoms with van der Waals surface area (Å²) in [6, 6.07) is 15.1. The number of ether oxygens (including phenoxy) is 1. The Morgan fingerprint density at radius 1 is 1.24 bits per heavy atom. The molecule has 0 heterocycles. The molecule has 0 aliphatic carbocycles. The lowest BCUT2D eigenvalue weighted by Gasteiger charge is -2.19. The van der Waals surface area contributed by atoms with Crippen molar-refractivity contribution in [2.75, 3.05) is 11.9 Å². The lowest BCUT2D eigenvalue weighted by molar-refractivity contribution is -0.144. The fourth-order valence-corrected chi connectivity index (χ4v) is 2.33. The van der Waals surface area contributed by atoms with Crippen LogP contribution in [0.1, 0.15) is 24.1 Å². The van der Waals surface area contributed by atoms with E-state index in [0.717, 1.165) is 21.3 Å². The highest BCUT2D eigenvalue weighted by molar-refractivity contribution is 9.10. The molecule has 1 N–H and O–H groups in total. The van der Waals surface area contributed by atoms with E-state index in [-0.39, 0.29) is 5.97 Å². The molecule has 0 radical (unpaired) electrons. The number of benzene rings is 2. The first-order valence-corrected chi connectivity index (χ1v) is 7.64. The smallest absolute Gasteiger partial charge is 0.333 e. The third-order valence-corrected chi connectivity index (χ3v) is 3.58. The average Bonchev–Trinajstić information content (AvgIpc) is 2.47. The molecular formula is C17H18BrNO2. The van der Waals surface area contributed by atoms with Gasteiger partial charge in [-0.1, -0.05) is 45.8 Å². The van der Waals surface area contributed by atoms with Gasteiger partial charge in [0, 0.05) is 10.2 Å². The van der Waals surface area contributed by atoms with E-state index in [2.05, 4.69) is 21.2 Å². The summed E-state index contributed by atoms with van der Waals surface area (Å²) in [7, 11) is 0. The van der Waals surface area contributed by atoms with Crippen molar-refractivity contribution in [1.29, 1.82) is 0 Å². The van der Waals surface area contributed by atoms with E-state index >= 15 is 0 Å². The minimum Gasteiger partial charge on any atom is -0.464 e. The molecule has 0 saturated heterocycles.